The molecule has 0 unspecified atom stereocenters. The lowest BCUT2D eigenvalue weighted by Gasteiger charge is -2.35. The molecule has 0 bridgehead atoms. The van der Waals surface area contributed by atoms with Gasteiger partial charge in [-0.2, -0.15) is 5.10 Å². The molecule has 2 aromatic rings. The molecule has 2 fully saturated rings. The molecule has 2 amide bonds. The van der Waals surface area contributed by atoms with Crippen LogP contribution in [-0.4, -0.2) is 76.1 Å². The summed E-state index contributed by atoms with van der Waals surface area (Å²) in [4.78, 5) is 30.8. The van der Waals surface area contributed by atoms with Gasteiger partial charge in [0.1, 0.15) is 0 Å². The number of likely N-dealkylation sites (N-methyl/N-ethyl adjacent to an activating group) is 1. The van der Waals surface area contributed by atoms with Gasteiger partial charge >= 0.3 is 0 Å². The second kappa shape index (κ2) is 8.60. The molecule has 1 aromatic heterocycles. The quantitative estimate of drug-likeness (QED) is 0.732. The van der Waals surface area contributed by atoms with Gasteiger partial charge < -0.3 is 9.80 Å². The molecule has 7 heteroatoms. The van der Waals surface area contributed by atoms with Gasteiger partial charge in [0.2, 0.25) is 11.8 Å². The number of rotatable bonds is 6. The van der Waals surface area contributed by atoms with E-state index in [2.05, 4.69) is 11.8 Å². The van der Waals surface area contributed by atoms with Crippen LogP contribution in [0.1, 0.15) is 29.8 Å². The van der Waals surface area contributed by atoms with Gasteiger partial charge in [-0.15, -0.1) is 0 Å². The Morgan fingerprint density at radius 2 is 1.67 bits per heavy atom. The van der Waals surface area contributed by atoms with Crippen molar-refractivity contribution in [1.82, 2.24) is 24.5 Å². The molecule has 1 aliphatic carbocycles. The molecule has 1 saturated carbocycles. The molecule has 30 heavy (non-hydrogen) atoms. The molecule has 160 valence electrons. The van der Waals surface area contributed by atoms with Crippen molar-refractivity contribution in [2.24, 2.45) is 5.92 Å². The van der Waals surface area contributed by atoms with Crippen molar-refractivity contribution >= 4 is 11.8 Å². The predicted octanol–water partition coefficient (Wildman–Crippen LogP) is 2.00. The highest BCUT2D eigenvalue weighted by atomic mass is 16.2. The Morgan fingerprint density at radius 3 is 2.30 bits per heavy atom. The number of benzene rings is 1. The van der Waals surface area contributed by atoms with Crippen LogP contribution in [0.5, 0.6) is 0 Å². The zero-order valence-corrected chi connectivity index (χ0v) is 18.2. The largest absolute Gasteiger partial charge is 0.339 e. The average Bonchev–Trinajstić information content (AvgIpc) is 3.57. The maximum absolute atomic E-state index is 12.8. The predicted molar refractivity (Wildman–Crippen MR) is 115 cm³/mol. The number of piperazine rings is 1. The Bertz CT molecular complexity index is 911. The number of carbonyl (C=O) groups excluding carboxylic acids is 2. The summed E-state index contributed by atoms with van der Waals surface area (Å²) in [6, 6.07) is 10.1. The lowest BCUT2D eigenvalue weighted by atomic mass is 10.2. The van der Waals surface area contributed by atoms with E-state index in [1.807, 2.05) is 58.8 Å². The van der Waals surface area contributed by atoms with Crippen LogP contribution in [0.3, 0.4) is 0 Å². The van der Waals surface area contributed by atoms with Gasteiger partial charge in [0.25, 0.3) is 0 Å². The van der Waals surface area contributed by atoms with Crippen LogP contribution in [0.2, 0.25) is 0 Å². The highest BCUT2D eigenvalue weighted by molar-refractivity contribution is 5.82. The van der Waals surface area contributed by atoms with Crippen molar-refractivity contribution in [3.05, 3.63) is 47.3 Å². The third-order valence-corrected chi connectivity index (χ3v) is 6.15. The topological polar surface area (TPSA) is 61.7 Å². The van der Waals surface area contributed by atoms with Crippen LogP contribution >= 0.6 is 0 Å². The molecule has 1 aromatic carbocycles. The van der Waals surface area contributed by atoms with Crippen molar-refractivity contribution in [2.45, 2.75) is 33.2 Å². The number of aromatic nitrogens is 2. The number of hydrogen-bond acceptors (Lipinski definition) is 4. The molecule has 0 N–H and O–H groups in total. The van der Waals surface area contributed by atoms with Crippen LogP contribution < -0.4 is 0 Å². The number of nitrogens with zero attached hydrogens (tertiary/aromatic N) is 5. The van der Waals surface area contributed by atoms with Crippen molar-refractivity contribution in [3.8, 4) is 5.69 Å². The summed E-state index contributed by atoms with van der Waals surface area (Å²) >= 11 is 0. The minimum atomic E-state index is 0.127. The lowest BCUT2D eigenvalue weighted by Crippen LogP contribution is -2.52. The highest BCUT2D eigenvalue weighted by Gasteiger charge is 2.35. The fourth-order valence-corrected chi connectivity index (χ4v) is 4.15. The SMILES string of the molecule is Cc1nn(-c2ccccc2)c(C)c1CN(C)CC(=O)N1CCN(C(=O)C2CC2)CC1. The molecule has 1 saturated heterocycles. The lowest BCUT2D eigenvalue weighted by molar-refractivity contribution is -0.140. The van der Waals surface area contributed by atoms with Gasteiger partial charge in [0, 0.05) is 49.9 Å². The molecule has 4 rings (SSSR count). The molecule has 0 atom stereocenters. The van der Waals surface area contributed by atoms with Gasteiger partial charge in [0.05, 0.1) is 17.9 Å². The maximum Gasteiger partial charge on any atom is 0.236 e. The maximum atomic E-state index is 12.8. The second-order valence-electron chi connectivity index (χ2n) is 8.55. The Hall–Kier alpha value is -2.67. The summed E-state index contributed by atoms with van der Waals surface area (Å²) in [5.41, 5.74) is 4.30. The summed E-state index contributed by atoms with van der Waals surface area (Å²) in [6.07, 6.45) is 2.06. The molecular weight excluding hydrogens is 378 g/mol. The summed E-state index contributed by atoms with van der Waals surface area (Å²) in [7, 11) is 1.98. The van der Waals surface area contributed by atoms with E-state index in [9.17, 15) is 9.59 Å². The molecular formula is C23H31N5O2. The van der Waals surface area contributed by atoms with Crippen molar-refractivity contribution in [3.63, 3.8) is 0 Å². The standard InChI is InChI=1S/C23H31N5O2/c1-17-21(18(2)28(24-17)20-7-5-4-6-8-20)15-25(3)16-22(29)26-11-13-27(14-12-26)23(30)19-9-10-19/h4-8,19H,9-16H2,1-3H3. The van der Waals surface area contributed by atoms with E-state index in [4.69, 9.17) is 5.10 Å². The summed E-state index contributed by atoms with van der Waals surface area (Å²) in [6.45, 7) is 7.73. The van der Waals surface area contributed by atoms with Crippen molar-refractivity contribution in [1.29, 1.82) is 0 Å². The van der Waals surface area contributed by atoms with E-state index < -0.39 is 0 Å². The smallest absolute Gasteiger partial charge is 0.236 e. The minimum absolute atomic E-state index is 0.127. The van der Waals surface area contributed by atoms with E-state index in [1.165, 1.54) is 0 Å². The number of para-hydroxylation sites is 1. The third-order valence-electron chi connectivity index (χ3n) is 6.15. The Kier molecular flexibility index (Phi) is 5.90. The van der Waals surface area contributed by atoms with Crippen LogP contribution in [0.15, 0.2) is 30.3 Å². The normalized spacial score (nSPS) is 16.9. The van der Waals surface area contributed by atoms with E-state index in [0.29, 0.717) is 39.3 Å². The van der Waals surface area contributed by atoms with Crippen molar-refractivity contribution in [2.75, 3.05) is 39.8 Å². The third kappa shape index (κ3) is 4.41. The molecule has 7 nitrogen and oxygen atoms in total. The summed E-state index contributed by atoms with van der Waals surface area (Å²) in [5.74, 6) is 0.657. The Balaban J connectivity index is 1.32. The first-order chi connectivity index (χ1) is 14.4. The number of amides is 2. The average molecular weight is 410 g/mol. The number of carbonyl (C=O) groups is 2. The molecule has 2 aliphatic rings. The highest BCUT2D eigenvalue weighted by Crippen LogP contribution is 2.31. The Morgan fingerprint density at radius 1 is 1.03 bits per heavy atom. The summed E-state index contributed by atoms with van der Waals surface area (Å²) in [5, 5.41) is 4.70. The van der Waals surface area contributed by atoms with Gasteiger partial charge in [-0.1, -0.05) is 18.2 Å². The first-order valence-corrected chi connectivity index (χ1v) is 10.8. The van der Waals surface area contributed by atoms with Crippen molar-refractivity contribution < 1.29 is 9.59 Å². The van der Waals surface area contributed by atoms with E-state index in [0.717, 1.165) is 35.5 Å². The van der Waals surface area contributed by atoms with E-state index >= 15 is 0 Å². The first-order valence-electron chi connectivity index (χ1n) is 10.8. The van der Waals surface area contributed by atoms with Crippen LogP contribution in [-0.2, 0) is 16.1 Å². The molecule has 2 heterocycles. The monoisotopic (exact) mass is 409 g/mol. The molecule has 0 radical (unpaired) electrons. The second-order valence-corrected chi connectivity index (χ2v) is 8.55. The van der Waals surface area contributed by atoms with E-state index in [-0.39, 0.29) is 17.7 Å². The first kappa shape index (κ1) is 20.6. The van der Waals surface area contributed by atoms with Gasteiger partial charge in [-0.05, 0) is 45.9 Å². The summed E-state index contributed by atoms with van der Waals surface area (Å²) < 4.78 is 1.97. The number of hydrogen-bond donors (Lipinski definition) is 0. The minimum Gasteiger partial charge on any atom is -0.339 e. The van der Waals surface area contributed by atoms with Gasteiger partial charge in [0.15, 0.2) is 0 Å². The molecule has 1 aliphatic heterocycles. The fourth-order valence-electron chi connectivity index (χ4n) is 4.15. The zero-order valence-electron chi connectivity index (χ0n) is 18.2. The number of aryl methyl sites for hydroxylation is 1. The van der Waals surface area contributed by atoms with Gasteiger partial charge in [-0.3, -0.25) is 14.5 Å². The fraction of sp³-hybridized carbons (Fsp3) is 0.522. The van der Waals surface area contributed by atoms with Crippen LogP contribution in [0.25, 0.3) is 5.69 Å². The van der Waals surface area contributed by atoms with Crippen LogP contribution in [0.4, 0.5) is 0 Å². The van der Waals surface area contributed by atoms with Gasteiger partial charge in [-0.25, -0.2) is 4.68 Å². The Labute approximate surface area is 178 Å². The zero-order chi connectivity index (χ0) is 21.3. The van der Waals surface area contributed by atoms with E-state index in [1.54, 1.807) is 0 Å². The molecule has 0 spiro atoms. The van der Waals surface area contributed by atoms with Crippen LogP contribution in [0, 0.1) is 19.8 Å².